The zero-order valence-electron chi connectivity index (χ0n) is 11.8. The average molecular weight is 384 g/mol. The number of nitrogens with one attached hydrogen (secondary N) is 1. The maximum absolute atomic E-state index is 13.3. The molecule has 1 fully saturated rings. The summed E-state index contributed by atoms with van der Waals surface area (Å²) in [5, 5.41) is 5.93. The van der Waals surface area contributed by atoms with Gasteiger partial charge in [-0.2, -0.15) is 0 Å². The number of piperazine rings is 1. The smallest absolute Gasteiger partial charge is 0.124 e. The van der Waals surface area contributed by atoms with Gasteiger partial charge in [0.25, 0.3) is 0 Å². The van der Waals surface area contributed by atoms with Gasteiger partial charge in [-0.05, 0) is 29.1 Å². The van der Waals surface area contributed by atoms with Crippen LogP contribution in [0.5, 0.6) is 0 Å². The Bertz CT molecular complexity index is 574. The molecule has 7 heteroatoms. The van der Waals surface area contributed by atoms with Gasteiger partial charge in [0, 0.05) is 36.1 Å². The number of benzene rings is 1. The van der Waals surface area contributed by atoms with Crippen LogP contribution in [0.25, 0.3) is 0 Å². The average Bonchev–Trinajstić information content (AvgIpc) is 2.97. The molecule has 0 saturated carbocycles. The summed E-state index contributed by atoms with van der Waals surface area (Å²) >= 11 is 8.00. The van der Waals surface area contributed by atoms with Gasteiger partial charge in [0.15, 0.2) is 0 Å². The number of hydrogen-bond donors (Lipinski definition) is 1. The normalized spacial score (nSPS) is 16.5. The predicted octanol–water partition coefficient (Wildman–Crippen LogP) is 4.38. The van der Waals surface area contributed by atoms with Crippen molar-refractivity contribution < 1.29 is 4.39 Å². The Kier molecular flexibility index (Phi) is 8.11. The molecule has 0 amide bonds. The molecule has 0 radical (unpaired) electrons. The van der Waals surface area contributed by atoms with Crippen molar-refractivity contribution in [3.05, 3.63) is 57.0 Å². The lowest BCUT2D eigenvalue weighted by molar-refractivity contribution is 0.200. The lowest BCUT2D eigenvalue weighted by Gasteiger charge is -2.35. The van der Waals surface area contributed by atoms with Gasteiger partial charge in [-0.3, -0.25) is 4.90 Å². The first-order chi connectivity index (χ1) is 9.75. The van der Waals surface area contributed by atoms with Crippen molar-refractivity contribution in [1.82, 2.24) is 10.2 Å². The molecule has 0 bridgehead atoms. The number of nitrogens with zero attached hydrogens (tertiary/aromatic N) is 1. The fourth-order valence-electron chi connectivity index (χ4n) is 2.64. The highest BCUT2D eigenvalue weighted by atomic mass is 35.5. The fraction of sp³-hybridized carbons (Fsp3) is 0.333. The first kappa shape index (κ1) is 19.7. The maximum Gasteiger partial charge on any atom is 0.124 e. The first-order valence-electron chi connectivity index (χ1n) is 6.69. The molecule has 0 aliphatic carbocycles. The Hall–Kier alpha value is -0.360. The summed E-state index contributed by atoms with van der Waals surface area (Å²) in [4.78, 5) is 3.65. The van der Waals surface area contributed by atoms with Crippen molar-refractivity contribution in [2.75, 3.05) is 26.2 Å². The molecule has 2 heterocycles. The third kappa shape index (κ3) is 4.34. The molecule has 2 nitrogen and oxygen atoms in total. The Morgan fingerprint density at radius 1 is 1.18 bits per heavy atom. The molecule has 3 rings (SSSR count). The van der Waals surface area contributed by atoms with E-state index in [4.69, 9.17) is 11.6 Å². The number of rotatable bonds is 3. The molecule has 1 atom stereocenters. The van der Waals surface area contributed by atoms with Gasteiger partial charge in [-0.25, -0.2) is 4.39 Å². The number of hydrogen-bond acceptors (Lipinski definition) is 3. The van der Waals surface area contributed by atoms with Crippen LogP contribution in [0.4, 0.5) is 4.39 Å². The van der Waals surface area contributed by atoms with E-state index >= 15 is 0 Å². The molecular weight excluding hydrogens is 366 g/mol. The summed E-state index contributed by atoms with van der Waals surface area (Å²) in [5.74, 6) is -0.288. The van der Waals surface area contributed by atoms with Crippen molar-refractivity contribution in [1.29, 1.82) is 0 Å². The SMILES string of the molecule is Cl.Cl.Fc1ccc([C@H](c2cccs2)N2CCNCC2)c(Cl)c1. The molecule has 22 heavy (non-hydrogen) atoms. The predicted molar refractivity (Wildman–Crippen MR) is 96.5 cm³/mol. The zero-order valence-corrected chi connectivity index (χ0v) is 15.0. The Labute approximate surface area is 151 Å². The van der Waals surface area contributed by atoms with Gasteiger partial charge in [0.05, 0.1) is 6.04 Å². The standard InChI is InChI=1S/C15H16ClFN2S.2ClH/c16-13-10-11(17)3-4-12(13)15(14-2-1-9-20-14)19-7-5-18-6-8-19;;/h1-4,9-10,15,18H,5-8H2;2*1H/t15-;;/m1../s1. The van der Waals surface area contributed by atoms with E-state index in [1.807, 2.05) is 12.1 Å². The van der Waals surface area contributed by atoms with E-state index in [0.717, 1.165) is 31.7 Å². The Morgan fingerprint density at radius 3 is 2.50 bits per heavy atom. The second-order valence-corrected chi connectivity index (χ2v) is 6.26. The monoisotopic (exact) mass is 382 g/mol. The second kappa shape index (κ2) is 9.06. The minimum atomic E-state index is -0.288. The lowest BCUT2D eigenvalue weighted by atomic mass is 10.0. The highest BCUT2D eigenvalue weighted by Gasteiger charge is 2.26. The van der Waals surface area contributed by atoms with Crippen LogP contribution in [0.3, 0.4) is 0 Å². The topological polar surface area (TPSA) is 15.3 Å². The van der Waals surface area contributed by atoms with Gasteiger partial charge in [0.2, 0.25) is 0 Å². The number of thiophene rings is 1. The third-order valence-corrected chi connectivity index (χ3v) is 4.84. The third-order valence-electron chi connectivity index (χ3n) is 3.59. The van der Waals surface area contributed by atoms with Crippen LogP contribution < -0.4 is 5.32 Å². The van der Waals surface area contributed by atoms with Crippen LogP contribution in [0, 0.1) is 5.82 Å². The van der Waals surface area contributed by atoms with Gasteiger partial charge in [-0.1, -0.05) is 23.7 Å². The fourth-order valence-corrected chi connectivity index (χ4v) is 3.79. The van der Waals surface area contributed by atoms with Crippen LogP contribution in [0.1, 0.15) is 16.5 Å². The summed E-state index contributed by atoms with van der Waals surface area (Å²) in [6.07, 6.45) is 0. The molecule has 0 unspecified atom stereocenters. The van der Waals surface area contributed by atoms with Crippen molar-refractivity contribution in [2.24, 2.45) is 0 Å². The van der Waals surface area contributed by atoms with Crippen molar-refractivity contribution in [3.8, 4) is 0 Å². The molecular formula is C15H18Cl3FN2S. The van der Waals surface area contributed by atoms with E-state index in [2.05, 4.69) is 21.7 Å². The van der Waals surface area contributed by atoms with Crippen LogP contribution in [-0.4, -0.2) is 31.1 Å². The summed E-state index contributed by atoms with van der Waals surface area (Å²) in [6, 6.07) is 8.99. The van der Waals surface area contributed by atoms with E-state index in [1.54, 1.807) is 11.3 Å². The molecule has 1 N–H and O–H groups in total. The van der Waals surface area contributed by atoms with E-state index in [9.17, 15) is 4.39 Å². The number of halogens is 4. The molecule has 122 valence electrons. The summed E-state index contributed by atoms with van der Waals surface area (Å²) in [6.45, 7) is 3.88. The van der Waals surface area contributed by atoms with E-state index in [-0.39, 0.29) is 36.7 Å². The molecule has 1 aliphatic heterocycles. The largest absolute Gasteiger partial charge is 0.314 e. The van der Waals surface area contributed by atoms with E-state index in [0.29, 0.717) is 5.02 Å². The van der Waals surface area contributed by atoms with E-state index in [1.165, 1.54) is 17.0 Å². The van der Waals surface area contributed by atoms with Crippen LogP contribution in [0.15, 0.2) is 35.7 Å². The molecule has 0 spiro atoms. The Morgan fingerprint density at radius 2 is 1.91 bits per heavy atom. The summed E-state index contributed by atoms with van der Waals surface area (Å²) in [7, 11) is 0. The van der Waals surface area contributed by atoms with Gasteiger partial charge in [0.1, 0.15) is 5.82 Å². The Balaban J connectivity index is 0.00000121. The molecule has 2 aromatic rings. The van der Waals surface area contributed by atoms with Crippen LogP contribution in [-0.2, 0) is 0 Å². The minimum Gasteiger partial charge on any atom is -0.314 e. The quantitative estimate of drug-likeness (QED) is 0.846. The van der Waals surface area contributed by atoms with E-state index < -0.39 is 0 Å². The lowest BCUT2D eigenvalue weighted by Crippen LogP contribution is -2.45. The minimum absolute atomic E-state index is 0. The van der Waals surface area contributed by atoms with Crippen LogP contribution in [0.2, 0.25) is 5.02 Å². The molecule has 1 aliphatic rings. The highest BCUT2D eigenvalue weighted by Crippen LogP contribution is 2.36. The van der Waals surface area contributed by atoms with Crippen LogP contribution >= 0.6 is 47.8 Å². The molecule has 1 saturated heterocycles. The summed E-state index contributed by atoms with van der Waals surface area (Å²) in [5.41, 5.74) is 0.984. The first-order valence-corrected chi connectivity index (χ1v) is 7.94. The summed E-state index contributed by atoms with van der Waals surface area (Å²) < 4.78 is 13.3. The van der Waals surface area contributed by atoms with Gasteiger partial charge < -0.3 is 5.32 Å². The zero-order chi connectivity index (χ0) is 13.9. The van der Waals surface area contributed by atoms with Crippen molar-refractivity contribution in [3.63, 3.8) is 0 Å². The highest BCUT2D eigenvalue weighted by molar-refractivity contribution is 7.10. The van der Waals surface area contributed by atoms with Crippen molar-refractivity contribution >= 4 is 47.8 Å². The maximum atomic E-state index is 13.3. The van der Waals surface area contributed by atoms with Crippen molar-refractivity contribution in [2.45, 2.75) is 6.04 Å². The second-order valence-electron chi connectivity index (χ2n) is 4.87. The van der Waals surface area contributed by atoms with Gasteiger partial charge in [-0.15, -0.1) is 36.2 Å². The van der Waals surface area contributed by atoms with Gasteiger partial charge >= 0.3 is 0 Å². The molecule has 1 aromatic heterocycles. The molecule has 1 aromatic carbocycles.